The second kappa shape index (κ2) is 8.35. The van der Waals surface area contributed by atoms with Gasteiger partial charge in [0.15, 0.2) is 6.61 Å². The van der Waals surface area contributed by atoms with E-state index in [0.717, 1.165) is 5.56 Å². The number of carbonyl (C=O) groups is 3. The molecule has 27 heavy (non-hydrogen) atoms. The summed E-state index contributed by atoms with van der Waals surface area (Å²) in [6.45, 7) is 1.46. The lowest BCUT2D eigenvalue weighted by Crippen LogP contribution is -2.36. The van der Waals surface area contributed by atoms with E-state index in [1.807, 2.05) is 25.1 Å². The molecular formula is C20H20N2O5. The molecule has 1 aliphatic rings. The van der Waals surface area contributed by atoms with Crippen LogP contribution in [0.5, 0.6) is 5.75 Å². The number of aryl methyl sites for hydroxylation is 1. The minimum Gasteiger partial charge on any atom is -0.491 e. The van der Waals surface area contributed by atoms with Gasteiger partial charge in [0.2, 0.25) is 5.91 Å². The van der Waals surface area contributed by atoms with Crippen LogP contribution in [0.1, 0.15) is 12.0 Å². The van der Waals surface area contributed by atoms with E-state index < -0.39 is 18.5 Å². The summed E-state index contributed by atoms with van der Waals surface area (Å²) in [5.41, 5.74) is 2.15. The zero-order valence-corrected chi connectivity index (χ0v) is 14.9. The van der Waals surface area contributed by atoms with Crippen molar-refractivity contribution in [3.8, 4) is 5.75 Å². The first-order valence-electron chi connectivity index (χ1n) is 8.57. The molecule has 0 unspecified atom stereocenters. The number of carbonyl (C=O) groups excluding carboxylic acids is 3. The third-order valence-corrected chi connectivity index (χ3v) is 3.98. The smallest absolute Gasteiger partial charge is 0.326 e. The molecule has 1 heterocycles. The van der Waals surface area contributed by atoms with Crippen LogP contribution in [-0.2, 0) is 19.1 Å². The van der Waals surface area contributed by atoms with Crippen LogP contribution in [0.3, 0.4) is 0 Å². The van der Waals surface area contributed by atoms with Gasteiger partial charge in [-0.3, -0.25) is 19.3 Å². The highest BCUT2D eigenvalue weighted by Gasteiger charge is 2.25. The Morgan fingerprint density at radius 1 is 1.19 bits per heavy atom. The number of esters is 1. The first kappa shape index (κ1) is 18.4. The molecule has 3 rings (SSSR count). The van der Waals surface area contributed by atoms with Crippen molar-refractivity contribution in [1.82, 2.24) is 0 Å². The van der Waals surface area contributed by atoms with Crippen molar-refractivity contribution >= 4 is 29.2 Å². The number of hydrogen-bond acceptors (Lipinski definition) is 5. The summed E-state index contributed by atoms with van der Waals surface area (Å²) in [5, 5.41) is 2.66. The molecule has 0 spiro atoms. The number of benzene rings is 2. The second-order valence-electron chi connectivity index (χ2n) is 6.12. The van der Waals surface area contributed by atoms with Crippen molar-refractivity contribution in [3.63, 3.8) is 0 Å². The molecule has 0 saturated carbocycles. The number of ether oxygens (including phenoxy) is 2. The van der Waals surface area contributed by atoms with Gasteiger partial charge in [0.25, 0.3) is 5.91 Å². The Hall–Kier alpha value is -3.35. The minimum atomic E-state index is -0.667. The van der Waals surface area contributed by atoms with Crippen molar-refractivity contribution < 1.29 is 23.9 Å². The summed E-state index contributed by atoms with van der Waals surface area (Å²) in [5.74, 6) is -0.811. The van der Waals surface area contributed by atoms with E-state index in [1.54, 1.807) is 30.3 Å². The van der Waals surface area contributed by atoms with E-state index in [4.69, 9.17) is 9.47 Å². The van der Waals surface area contributed by atoms with E-state index in [-0.39, 0.29) is 25.5 Å². The third kappa shape index (κ3) is 4.84. The maximum atomic E-state index is 12.3. The summed E-state index contributed by atoms with van der Waals surface area (Å²) in [6.07, 6.45) is 0.163. The number of amides is 2. The highest BCUT2D eigenvalue weighted by molar-refractivity contribution is 6.00. The fourth-order valence-corrected chi connectivity index (χ4v) is 2.73. The molecule has 2 aromatic carbocycles. The largest absolute Gasteiger partial charge is 0.491 e. The molecule has 0 bridgehead atoms. The number of fused-ring (bicyclic) bond motifs is 1. The van der Waals surface area contributed by atoms with Crippen molar-refractivity contribution in [2.75, 3.05) is 30.0 Å². The molecule has 0 aromatic heterocycles. The van der Waals surface area contributed by atoms with Crippen LogP contribution in [0, 0.1) is 6.92 Å². The molecular weight excluding hydrogens is 348 g/mol. The maximum Gasteiger partial charge on any atom is 0.326 e. The summed E-state index contributed by atoms with van der Waals surface area (Å²) in [6, 6.07) is 14.3. The van der Waals surface area contributed by atoms with Crippen LogP contribution in [0.15, 0.2) is 48.5 Å². The lowest BCUT2D eigenvalue weighted by Gasteiger charge is -2.20. The van der Waals surface area contributed by atoms with E-state index in [1.165, 1.54) is 4.90 Å². The standard InChI is InChI=1S/C20H20N2O5/c1-14-5-4-6-15(11-14)21-18(23)13-27-20(25)12-22-16-7-2-3-8-17(16)26-10-9-19(22)24/h2-8,11H,9-10,12-13H2,1H3,(H,21,23). The van der Waals surface area contributed by atoms with Crippen molar-refractivity contribution in [2.45, 2.75) is 13.3 Å². The lowest BCUT2D eigenvalue weighted by molar-refractivity contribution is -0.146. The van der Waals surface area contributed by atoms with Gasteiger partial charge < -0.3 is 14.8 Å². The Morgan fingerprint density at radius 3 is 2.81 bits per heavy atom. The molecule has 0 aliphatic carbocycles. The highest BCUT2D eigenvalue weighted by Crippen LogP contribution is 2.30. The van der Waals surface area contributed by atoms with Crippen LogP contribution in [0.2, 0.25) is 0 Å². The number of rotatable bonds is 5. The number of nitrogens with one attached hydrogen (secondary N) is 1. The fraction of sp³-hybridized carbons (Fsp3) is 0.250. The second-order valence-corrected chi connectivity index (χ2v) is 6.12. The summed E-state index contributed by atoms with van der Waals surface area (Å²) in [7, 11) is 0. The molecule has 140 valence electrons. The predicted molar refractivity (Wildman–Crippen MR) is 99.7 cm³/mol. The third-order valence-electron chi connectivity index (χ3n) is 3.98. The van der Waals surface area contributed by atoms with Gasteiger partial charge in [0.1, 0.15) is 12.3 Å². The number of anilines is 2. The molecule has 7 heteroatoms. The highest BCUT2D eigenvalue weighted by atomic mass is 16.5. The monoisotopic (exact) mass is 368 g/mol. The van der Waals surface area contributed by atoms with E-state index in [9.17, 15) is 14.4 Å². The zero-order valence-electron chi connectivity index (χ0n) is 14.9. The van der Waals surface area contributed by atoms with Crippen LogP contribution < -0.4 is 15.0 Å². The maximum absolute atomic E-state index is 12.3. The summed E-state index contributed by atoms with van der Waals surface area (Å²) in [4.78, 5) is 37.7. The Kier molecular flexibility index (Phi) is 5.71. The average molecular weight is 368 g/mol. The summed E-state index contributed by atoms with van der Waals surface area (Å²) < 4.78 is 10.6. The van der Waals surface area contributed by atoms with Gasteiger partial charge in [-0.1, -0.05) is 24.3 Å². The van der Waals surface area contributed by atoms with E-state index in [0.29, 0.717) is 17.1 Å². The quantitative estimate of drug-likeness (QED) is 0.819. The van der Waals surface area contributed by atoms with Gasteiger partial charge in [0.05, 0.1) is 18.7 Å². The van der Waals surface area contributed by atoms with Gasteiger partial charge in [-0.15, -0.1) is 0 Å². The topological polar surface area (TPSA) is 84.9 Å². The van der Waals surface area contributed by atoms with Gasteiger partial charge in [-0.25, -0.2) is 0 Å². The zero-order chi connectivity index (χ0) is 19.2. The summed E-state index contributed by atoms with van der Waals surface area (Å²) >= 11 is 0. The Bertz CT molecular complexity index is 865. The van der Waals surface area contributed by atoms with Crippen LogP contribution in [-0.4, -0.2) is 37.5 Å². The lowest BCUT2D eigenvalue weighted by atomic mass is 10.2. The number of nitrogens with zero attached hydrogens (tertiary/aromatic N) is 1. The number of para-hydroxylation sites is 2. The van der Waals surface area contributed by atoms with Crippen LogP contribution in [0.25, 0.3) is 0 Å². The fourth-order valence-electron chi connectivity index (χ4n) is 2.73. The van der Waals surface area contributed by atoms with Crippen LogP contribution >= 0.6 is 0 Å². The molecule has 0 radical (unpaired) electrons. The SMILES string of the molecule is Cc1cccc(NC(=O)COC(=O)CN2C(=O)CCOc3ccccc32)c1. The van der Waals surface area contributed by atoms with Crippen molar-refractivity contribution in [1.29, 1.82) is 0 Å². The van der Waals surface area contributed by atoms with Gasteiger partial charge in [-0.05, 0) is 36.8 Å². The Balaban J connectivity index is 1.57. The molecule has 2 aromatic rings. The van der Waals surface area contributed by atoms with E-state index in [2.05, 4.69) is 5.32 Å². The number of hydrogen-bond donors (Lipinski definition) is 1. The average Bonchev–Trinajstić information content (AvgIpc) is 2.79. The first-order valence-corrected chi connectivity index (χ1v) is 8.57. The molecule has 2 amide bonds. The Labute approximate surface area is 156 Å². The molecule has 7 nitrogen and oxygen atoms in total. The first-order chi connectivity index (χ1) is 13.0. The van der Waals surface area contributed by atoms with Crippen molar-refractivity contribution in [2.24, 2.45) is 0 Å². The molecule has 0 atom stereocenters. The van der Waals surface area contributed by atoms with Crippen LogP contribution in [0.4, 0.5) is 11.4 Å². The molecule has 1 N–H and O–H groups in total. The van der Waals surface area contributed by atoms with Gasteiger partial charge in [-0.2, -0.15) is 0 Å². The Morgan fingerprint density at radius 2 is 2.00 bits per heavy atom. The predicted octanol–water partition coefficient (Wildman–Crippen LogP) is 2.29. The van der Waals surface area contributed by atoms with Gasteiger partial charge >= 0.3 is 5.97 Å². The van der Waals surface area contributed by atoms with Gasteiger partial charge in [0, 0.05) is 5.69 Å². The minimum absolute atomic E-state index is 0.163. The normalized spacial score (nSPS) is 13.2. The molecule has 1 aliphatic heterocycles. The van der Waals surface area contributed by atoms with Crippen molar-refractivity contribution in [3.05, 3.63) is 54.1 Å². The molecule has 0 saturated heterocycles. The van der Waals surface area contributed by atoms with E-state index >= 15 is 0 Å². The molecule has 0 fully saturated rings.